The second-order valence-corrected chi connectivity index (χ2v) is 4.47. The maximum atomic E-state index is 9.04. The molecule has 0 bridgehead atoms. The normalized spacial score (nSPS) is 12.5. The summed E-state index contributed by atoms with van der Waals surface area (Å²) in [6, 6.07) is 4.24. The molecule has 0 aliphatic heterocycles. The van der Waals surface area contributed by atoms with Crippen LogP contribution in [0.15, 0.2) is 18.3 Å². The van der Waals surface area contributed by atoms with Crippen LogP contribution >= 0.6 is 0 Å². The number of rotatable bonds is 7. The molecule has 0 fully saturated rings. The van der Waals surface area contributed by atoms with Crippen molar-refractivity contribution in [2.75, 3.05) is 23.8 Å². The van der Waals surface area contributed by atoms with Gasteiger partial charge in [0.05, 0.1) is 0 Å². The van der Waals surface area contributed by atoms with Gasteiger partial charge < -0.3 is 15.7 Å². The highest BCUT2D eigenvalue weighted by Crippen LogP contribution is 2.17. The van der Waals surface area contributed by atoms with Crippen molar-refractivity contribution in [1.29, 1.82) is 0 Å². The lowest BCUT2D eigenvalue weighted by Crippen LogP contribution is -2.26. The molecule has 3 N–H and O–H groups in total. The summed E-state index contributed by atoms with van der Waals surface area (Å²) in [5.74, 6) is 1.36. The van der Waals surface area contributed by atoms with E-state index in [1.807, 2.05) is 19.1 Å². The minimum Gasteiger partial charge on any atom is -0.396 e. The maximum absolute atomic E-state index is 9.04. The Morgan fingerprint density at radius 2 is 2.18 bits per heavy atom. The fourth-order valence-corrected chi connectivity index (χ4v) is 1.72. The van der Waals surface area contributed by atoms with Gasteiger partial charge in [0.15, 0.2) is 0 Å². The van der Waals surface area contributed by atoms with Gasteiger partial charge in [-0.1, -0.05) is 13.8 Å². The van der Waals surface area contributed by atoms with Crippen molar-refractivity contribution in [2.24, 2.45) is 5.92 Å². The van der Waals surface area contributed by atoms with E-state index in [4.69, 9.17) is 5.11 Å². The van der Waals surface area contributed by atoms with Gasteiger partial charge in [0.1, 0.15) is 5.82 Å². The molecule has 0 spiro atoms. The number of hydrogen-bond acceptors (Lipinski definition) is 4. The van der Waals surface area contributed by atoms with Crippen LogP contribution in [0.2, 0.25) is 0 Å². The lowest BCUT2D eigenvalue weighted by Gasteiger charge is -2.23. The van der Waals surface area contributed by atoms with Crippen molar-refractivity contribution in [3.8, 4) is 0 Å². The fraction of sp³-hybridized carbons (Fsp3) is 0.615. The van der Waals surface area contributed by atoms with Gasteiger partial charge in [-0.3, -0.25) is 0 Å². The summed E-state index contributed by atoms with van der Waals surface area (Å²) >= 11 is 0. The van der Waals surface area contributed by atoms with Gasteiger partial charge in [-0.05, 0) is 25.3 Å². The second kappa shape index (κ2) is 7.12. The van der Waals surface area contributed by atoms with Gasteiger partial charge in [-0.25, -0.2) is 4.98 Å². The quantitative estimate of drug-likeness (QED) is 0.681. The molecule has 4 heteroatoms. The van der Waals surface area contributed by atoms with E-state index in [0.29, 0.717) is 5.92 Å². The van der Waals surface area contributed by atoms with E-state index in [1.165, 1.54) is 0 Å². The van der Waals surface area contributed by atoms with Crippen LogP contribution in [-0.4, -0.2) is 29.3 Å². The van der Waals surface area contributed by atoms with Crippen LogP contribution in [0, 0.1) is 5.92 Å². The largest absolute Gasteiger partial charge is 0.396 e. The molecule has 4 nitrogen and oxygen atoms in total. The Morgan fingerprint density at radius 1 is 1.41 bits per heavy atom. The zero-order chi connectivity index (χ0) is 12.7. The SMILES string of the molecule is CCNc1cc(NC(CCO)C(C)C)ccn1. The third kappa shape index (κ3) is 4.61. The maximum Gasteiger partial charge on any atom is 0.127 e. The first-order valence-electron chi connectivity index (χ1n) is 6.24. The highest BCUT2D eigenvalue weighted by Gasteiger charge is 2.12. The summed E-state index contributed by atoms with van der Waals surface area (Å²) in [6.07, 6.45) is 2.55. The van der Waals surface area contributed by atoms with Crippen molar-refractivity contribution >= 4 is 11.5 Å². The van der Waals surface area contributed by atoms with Crippen molar-refractivity contribution in [2.45, 2.75) is 33.2 Å². The number of aliphatic hydroxyl groups excluding tert-OH is 1. The summed E-state index contributed by atoms with van der Waals surface area (Å²) in [6.45, 7) is 7.42. The molecule has 1 heterocycles. The molecule has 1 rings (SSSR count). The van der Waals surface area contributed by atoms with Crippen LogP contribution < -0.4 is 10.6 Å². The predicted octanol–water partition coefficient (Wildman–Crippen LogP) is 2.33. The highest BCUT2D eigenvalue weighted by atomic mass is 16.3. The molecule has 1 unspecified atom stereocenters. The molecule has 96 valence electrons. The lowest BCUT2D eigenvalue weighted by atomic mass is 10.0. The van der Waals surface area contributed by atoms with Crippen molar-refractivity contribution < 1.29 is 5.11 Å². The van der Waals surface area contributed by atoms with E-state index in [-0.39, 0.29) is 12.6 Å². The molecule has 0 saturated carbocycles. The zero-order valence-electron chi connectivity index (χ0n) is 10.9. The fourth-order valence-electron chi connectivity index (χ4n) is 1.72. The van der Waals surface area contributed by atoms with Crippen LogP contribution in [0.3, 0.4) is 0 Å². The van der Waals surface area contributed by atoms with Crippen molar-refractivity contribution in [3.63, 3.8) is 0 Å². The topological polar surface area (TPSA) is 57.2 Å². The summed E-state index contributed by atoms with van der Waals surface area (Å²) in [7, 11) is 0. The number of anilines is 2. The number of aliphatic hydroxyl groups is 1. The van der Waals surface area contributed by atoms with Crippen LogP contribution in [0.4, 0.5) is 11.5 Å². The Labute approximate surface area is 103 Å². The van der Waals surface area contributed by atoms with E-state index in [2.05, 4.69) is 29.5 Å². The Kier molecular flexibility index (Phi) is 5.77. The average Bonchev–Trinajstić information content (AvgIpc) is 2.29. The average molecular weight is 237 g/mol. The molecule has 17 heavy (non-hydrogen) atoms. The van der Waals surface area contributed by atoms with Crippen LogP contribution in [0.25, 0.3) is 0 Å². The van der Waals surface area contributed by atoms with Crippen LogP contribution in [0.5, 0.6) is 0 Å². The van der Waals surface area contributed by atoms with Gasteiger partial charge in [-0.15, -0.1) is 0 Å². The monoisotopic (exact) mass is 237 g/mol. The molecule has 0 aliphatic rings. The number of aromatic nitrogens is 1. The number of nitrogens with one attached hydrogen (secondary N) is 2. The summed E-state index contributed by atoms with van der Waals surface area (Å²) in [4.78, 5) is 4.23. The van der Waals surface area contributed by atoms with Crippen molar-refractivity contribution in [3.05, 3.63) is 18.3 Å². The molecule has 0 aromatic carbocycles. The van der Waals surface area contributed by atoms with E-state index >= 15 is 0 Å². The summed E-state index contributed by atoms with van der Waals surface area (Å²) < 4.78 is 0. The first kappa shape index (κ1) is 13.8. The minimum absolute atomic E-state index is 0.209. The first-order chi connectivity index (χ1) is 8.17. The third-order valence-corrected chi connectivity index (χ3v) is 2.71. The molecule has 0 amide bonds. The van der Waals surface area contributed by atoms with Gasteiger partial charge in [0.25, 0.3) is 0 Å². The van der Waals surface area contributed by atoms with Gasteiger partial charge in [-0.2, -0.15) is 0 Å². The summed E-state index contributed by atoms with van der Waals surface area (Å²) in [5, 5.41) is 15.7. The van der Waals surface area contributed by atoms with Gasteiger partial charge in [0.2, 0.25) is 0 Å². The number of nitrogens with zero attached hydrogens (tertiary/aromatic N) is 1. The second-order valence-electron chi connectivity index (χ2n) is 4.47. The first-order valence-corrected chi connectivity index (χ1v) is 6.24. The molecular weight excluding hydrogens is 214 g/mol. The van der Waals surface area contributed by atoms with E-state index in [1.54, 1.807) is 6.20 Å². The Hall–Kier alpha value is -1.29. The molecule has 0 saturated heterocycles. The van der Waals surface area contributed by atoms with Gasteiger partial charge >= 0.3 is 0 Å². The molecular formula is C13H23N3O. The standard InChI is InChI=1S/C13H23N3O/c1-4-14-13-9-11(5-7-15-13)16-12(6-8-17)10(2)3/h5,7,9-10,12,17H,4,6,8H2,1-3H3,(H2,14,15,16). The number of pyridine rings is 1. The smallest absolute Gasteiger partial charge is 0.127 e. The van der Waals surface area contributed by atoms with Crippen LogP contribution in [0.1, 0.15) is 27.2 Å². The van der Waals surface area contributed by atoms with E-state index < -0.39 is 0 Å². The Bertz CT molecular complexity index is 328. The number of hydrogen-bond donors (Lipinski definition) is 3. The Morgan fingerprint density at radius 3 is 2.76 bits per heavy atom. The lowest BCUT2D eigenvalue weighted by molar-refractivity contribution is 0.267. The Balaban J connectivity index is 2.68. The molecule has 1 aromatic heterocycles. The van der Waals surface area contributed by atoms with Crippen molar-refractivity contribution in [1.82, 2.24) is 4.98 Å². The van der Waals surface area contributed by atoms with E-state index in [0.717, 1.165) is 24.5 Å². The van der Waals surface area contributed by atoms with E-state index in [9.17, 15) is 0 Å². The minimum atomic E-state index is 0.209. The molecule has 1 atom stereocenters. The highest BCUT2D eigenvalue weighted by molar-refractivity contribution is 5.52. The predicted molar refractivity (Wildman–Crippen MR) is 72.4 cm³/mol. The molecule has 1 aromatic rings. The third-order valence-electron chi connectivity index (χ3n) is 2.71. The summed E-state index contributed by atoms with van der Waals surface area (Å²) in [5.41, 5.74) is 1.04. The molecule has 0 radical (unpaired) electrons. The zero-order valence-corrected chi connectivity index (χ0v) is 10.9. The molecule has 0 aliphatic carbocycles. The van der Waals surface area contributed by atoms with Crippen LogP contribution in [-0.2, 0) is 0 Å². The van der Waals surface area contributed by atoms with Gasteiger partial charge in [0, 0.05) is 37.1 Å².